The van der Waals surface area contributed by atoms with Crippen LogP contribution in [0.3, 0.4) is 0 Å². The van der Waals surface area contributed by atoms with E-state index in [9.17, 15) is 9.59 Å². The van der Waals surface area contributed by atoms with Crippen molar-refractivity contribution in [3.05, 3.63) is 23.7 Å². The summed E-state index contributed by atoms with van der Waals surface area (Å²) in [4.78, 5) is 29.7. The third-order valence-corrected chi connectivity index (χ3v) is 4.06. The van der Waals surface area contributed by atoms with Gasteiger partial charge in [0.1, 0.15) is 17.9 Å². The number of nitrogens with zero attached hydrogens (tertiary/aromatic N) is 2. The zero-order valence-electron chi connectivity index (χ0n) is 17.1. The summed E-state index contributed by atoms with van der Waals surface area (Å²) in [6.45, 7) is 9.75. The predicted molar refractivity (Wildman–Crippen MR) is 106 cm³/mol. The molecule has 1 aliphatic heterocycles. The fraction of sp³-hybridized carbons (Fsp3) is 0.632. The third-order valence-electron chi connectivity index (χ3n) is 4.06. The number of nitrogens with two attached hydrogens (primary N) is 1. The van der Waals surface area contributed by atoms with Gasteiger partial charge in [-0.2, -0.15) is 0 Å². The highest BCUT2D eigenvalue weighted by atomic mass is 16.6. The van der Waals surface area contributed by atoms with Crippen LogP contribution in [0.25, 0.3) is 0 Å². The van der Waals surface area contributed by atoms with E-state index in [2.05, 4.69) is 15.6 Å². The number of likely N-dealkylation sites (tertiary alicyclic amines) is 1. The van der Waals surface area contributed by atoms with Gasteiger partial charge in [-0.1, -0.05) is 0 Å². The number of ether oxygens (including phenoxy) is 1. The van der Waals surface area contributed by atoms with Crippen LogP contribution in [0.4, 0.5) is 4.79 Å². The van der Waals surface area contributed by atoms with Crippen LogP contribution in [0.5, 0.6) is 0 Å². The molecule has 2 rings (SSSR count). The summed E-state index contributed by atoms with van der Waals surface area (Å²) < 4.78 is 10.8. The maximum absolute atomic E-state index is 12.3. The monoisotopic (exact) mass is 393 g/mol. The Balaban J connectivity index is 1.96. The van der Waals surface area contributed by atoms with Crippen molar-refractivity contribution < 1.29 is 18.7 Å². The molecule has 9 heteroatoms. The second-order valence-electron chi connectivity index (χ2n) is 7.74. The number of aliphatic imine (C=N–C) groups is 1. The molecule has 9 nitrogen and oxygen atoms in total. The average Bonchev–Trinajstić information content (AvgIpc) is 3.08. The van der Waals surface area contributed by atoms with Crippen LogP contribution in [0.15, 0.2) is 21.5 Å². The minimum atomic E-state index is -0.607. The van der Waals surface area contributed by atoms with Crippen LogP contribution in [0.1, 0.15) is 56.9 Å². The molecule has 156 valence electrons. The highest BCUT2D eigenvalue weighted by molar-refractivity contribution is 5.89. The van der Waals surface area contributed by atoms with Crippen molar-refractivity contribution in [2.45, 2.75) is 58.7 Å². The third kappa shape index (κ3) is 6.79. The van der Waals surface area contributed by atoms with Crippen molar-refractivity contribution in [2.24, 2.45) is 10.7 Å². The van der Waals surface area contributed by atoms with Crippen LogP contribution < -0.4 is 16.4 Å². The number of rotatable bonds is 5. The SMILES string of the molecule is CCNC(=NCc1ccc(C(N)=O)o1)NC1CCCN(C(=O)OC(C)(C)C)C1. The normalized spacial score (nSPS) is 17.9. The molecule has 4 N–H and O–H groups in total. The van der Waals surface area contributed by atoms with E-state index in [4.69, 9.17) is 14.9 Å². The summed E-state index contributed by atoms with van der Waals surface area (Å²) in [5, 5.41) is 6.54. The summed E-state index contributed by atoms with van der Waals surface area (Å²) >= 11 is 0. The smallest absolute Gasteiger partial charge is 0.410 e. The van der Waals surface area contributed by atoms with Gasteiger partial charge in [0.2, 0.25) is 0 Å². The first-order chi connectivity index (χ1) is 13.2. The van der Waals surface area contributed by atoms with Crippen LogP contribution in [-0.2, 0) is 11.3 Å². The maximum Gasteiger partial charge on any atom is 0.410 e. The molecule has 28 heavy (non-hydrogen) atoms. The van der Waals surface area contributed by atoms with Gasteiger partial charge in [0.15, 0.2) is 11.7 Å². The molecular formula is C19H31N5O4. The van der Waals surface area contributed by atoms with E-state index in [1.807, 2.05) is 27.7 Å². The standard InChI is InChI=1S/C19H31N5O4/c1-5-21-17(22-11-14-8-9-15(27-14)16(20)25)23-13-7-6-10-24(12-13)18(26)28-19(2,3)4/h8-9,13H,5-7,10-12H2,1-4H3,(H2,20,25)(H2,21,22,23). The average molecular weight is 393 g/mol. The number of hydrogen-bond donors (Lipinski definition) is 3. The molecule has 0 aromatic carbocycles. The van der Waals surface area contributed by atoms with E-state index in [1.165, 1.54) is 6.07 Å². The number of amides is 2. The zero-order chi connectivity index (χ0) is 20.7. The molecule has 1 saturated heterocycles. The second-order valence-corrected chi connectivity index (χ2v) is 7.74. The topological polar surface area (TPSA) is 122 Å². The van der Waals surface area contributed by atoms with Crippen LogP contribution in [-0.4, -0.2) is 54.1 Å². The van der Waals surface area contributed by atoms with Crippen LogP contribution in [0, 0.1) is 0 Å². The van der Waals surface area contributed by atoms with Crippen molar-refractivity contribution in [1.82, 2.24) is 15.5 Å². The molecular weight excluding hydrogens is 362 g/mol. The molecule has 1 aliphatic rings. The lowest BCUT2D eigenvalue weighted by Crippen LogP contribution is -2.53. The van der Waals surface area contributed by atoms with E-state index in [0.717, 1.165) is 12.8 Å². The van der Waals surface area contributed by atoms with E-state index in [-0.39, 0.29) is 24.4 Å². The number of hydrogen-bond acceptors (Lipinski definition) is 5. The molecule has 1 aromatic heterocycles. The van der Waals surface area contributed by atoms with Gasteiger partial charge in [-0.25, -0.2) is 9.79 Å². The Bertz CT molecular complexity index is 707. The maximum atomic E-state index is 12.3. The molecule has 1 fully saturated rings. The Morgan fingerprint density at radius 2 is 2.14 bits per heavy atom. The fourth-order valence-electron chi connectivity index (χ4n) is 2.85. The Kier molecular flexibility index (Phi) is 7.31. The highest BCUT2D eigenvalue weighted by Crippen LogP contribution is 2.15. The molecule has 2 heterocycles. The summed E-state index contributed by atoms with van der Waals surface area (Å²) in [5.74, 6) is 0.675. The molecule has 1 aromatic rings. The lowest BCUT2D eigenvalue weighted by atomic mass is 10.1. The number of carbonyl (C=O) groups is 2. The number of carbonyl (C=O) groups excluding carboxylic acids is 2. The highest BCUT2D eigenvalue weighted by Gasteiger charge is 2.28. The minimum Gasteiger partial charge on any atom is -0.454 e. The molecule has 0 spiro atoms. The number of guanidine groups is 1. The van der Waals surface area contributed by atoms with E-state index in [0.29, 0.717) is 31.4 Å². The lowest BCUT2D eigenvalue weighted by molar-refractivity contribution is 0.0193. The molecule has 2 amide bonds. The zero-order valence-corrected chi connectivity index (χ0v) is 17.1. The quantitative estimate of drug-likeness (QED) is 0.518. The van der Waals surface area contributed by atoms with Gasteiger partial charge >= 0.3 is 6.09 Å². The van der Waals surface area contributed by atoms with Gasteiger partial charge in [-0.05, 0) is 52.7 Å². The van der Waals surface area contributed by atoms with Crippen molar-refractivity contribution in [3.8, 4) is 0 Å². The Morgan fingerprint density at radius 3 is 2.75 bits per heavy atom. The Hall–Kier alpha value is -2.71. The molecule has 0 radical (unpaired) electrons. The number of piperidine rings is 1. The summed E-state index contributed by atoms with van der Waals surface area (Å²) in [6.07, 6.45) is 1.52. The van der Waals surface area contributed by atoms with Gasteiger partial charge < -0.3 is 30.4 Å². The predicted octanol–water partition coefficient (Wildman–Crippen LogP) is 1.83. The molecule has 1 atom stereocenters. The molecule has 0 aliphatic carbocycles. The molecule has 1 unspecified atom stereocenters. The van der Waals surface area contributed by atoms with E-state index in [1.54, 1.807) is 11.0 Å². The van der Waals surface area contributed by atoms with Crippen molar-refractivity contribution >= 4 is 18.0 Å². The summed E-state index contributed by atoms with van der Waals surface area (Å²) in [5.41, 5.74) is 4.68. The van der Waals surface area contributed by atoms with E-state index < -0.39 is 11.5 Å². The van der Waals surface area contributed by atoms with Crippen molar-refractivity contribution in [3.63, 3.8) is 0 Å². The van der Waals surface area contributed by atoms with Crippen molar-refractivity contribution in [1.29, 1.82) is 0 Å². The van der Waals surface area contributed by atoms with Gasteiger partial charge in [-0.3, -0.25) is 4.79 Å². The first-order valence-corrected chi connectivity index (χ1v) is 9.59. The van der Waals surface area contributed by atoms with Gasteiger partial charge in [-0.15, -0.1) is 0 Å². The first kappa shape index (κ1) is 21.6. The van der Waals surface area contributed by atoms with Crippen LogP contribution in [0.2, 0.25) is 0 Å². The molecule has 0 saturated carbocycles. The second kappa shape index (κ2) is 9.48. The fourth-order valence-corrected chi connectivity index (χ4v) is 2.85. The van der Waals surface area contributed by atoms with E-state index >= 15 is 0 Å². The van der Waals surface area contributed by atoms with Gasteiger partial charge in [0.05, 0.1) is 0 Å². The Labute approximate surface area is 165 Å². The molecule has 0 bridgehead atoms. The largest absolute Gasteiger partial charge is 0.454 e. The number of primary amides is 1. The Morgan fingerprint density at radius 1 is 1.39 bits per heavy atom. The minimum absolute atomic E-state index is 0.0665. The van der Waals surface area contributed by atoms with Crippen molar-refractivity contribution in [2.75, 3.05) is 19.6 Å². The van der Waals surface area contributed by atoms with Gasteiger partial charge in [0, 0.05) is 25.7 Å². The summed E-state index contributed by atoms with van der Waals surface area (Å²) in [7, 11) is 0. The van der Waals surface area contributed by atoms with Crippen LogP contribution >= 0.6 is 0 Å². The number of nitrogens with one attached hydrogen (secondary N) is 2. The summed E-state index contributed by atoms with van der Waals surface area (Å²) in [6, 6.07) is 3.28. The number of furan rings is 1. The first-order valence-electron chi connectivity index (χ1n) is 9.59. The van der Waals surface area contributed by atoms with Gasteiger partial charge in [0.25, 0.3) is 5.91 Å². The lowest BCUT2D eigenvalue weighted by Gasteiger charge is -2.35.